The molecule has 1 aliphatic rings. The summed E-state index contributed by atoms with van der Waals surface area (Å²) in [5, 5.41) is 0.455. The molecule has 1 saturated heterocycles. The van der Waals surface area contributed by atoms with Gasteiger partial charge in [0.15, 0.2) is 0 Å². The van der Waals surface area contributed by atoms with Crippen LogP contribution in [0.4, 0.5) is 5.69 Å². The minimum absolute atomic E-state index is 0.112. The molecule has 3 aromatic carbocycles. The molecule has 0 radical (unpaired) electrons. The summed E-state index contributed by atoms with van der Waals surface area (Å²) in [6, 6.07) is 23.6. The van der Waals surface area contributed by atoms with Gasteiger partial charge in [-0.05, 0) is 54.4 Å². The number of carbonyl (C=O) groups is 1. The van der Waals surface area contributed by atoms with Gasteiger partial charge in [-0.3, -0.25) is 4.79 Å². The maximum Gasteiger partial charge on any atom is 0.243 e. The van der Waals surface area contributed by atoms with Crippen molar-refractivity contribution in [2.24, 2.45) is 0 Å². The van der Waals surface area contributed by atoms with E-state index < -0.39 is 10.0 Å². The van der Waals surface area contributed by atoms with Crippen LogP contribution in [0.15, 0.2) is 83.8 Å². The molecular formula is C26H28ClN3O3S. The molecule has 8 heteroatoms. The molecule has 0 unspecified atom stereocenters. The van der Waals surface area contributed by atoms with Crippen LogP contribution in [0.5, 0.6) is 0 Å². The number of carbonyl (C=O) groups excluding carboxylic acids is 1. The third kappa shape index (κ3) is 5.78. The highest BCUT2D eigenvalue weighted by atomic mass is 35.5. The molecule has 1 heterocycles. The van der Waals surface area contributed by atoms with Crippen LogP contribution in [0.2, 0.25) is 5.02 Å². The average Bonchev–Trinajstić information content (AvgIpc) is 2.84. The second kappa shape index (κ2) is 10.6. The van der Waals surface area contributed by atoms with Gasteiger partial charge < -0.3 is 9.80 Å². The summed E-state index contributed by atoms with van der Waals surface area (Å²) in [6.45, 7) is 4.46. The molecule has 1 fully saturated rings. The first-order chi connectivity index (χ1) is 16.3. The van der Waals surface area contributed by atoms with E-state index in [4.69, 9.17) is 11.6 Å². The van der Waals surface area contributed by atoms with Gasteiger partial charge in [-0.2, -0.15) is 4.31 Å². The molecule has 0 spiro atoms. The Kier molecular flexibility index (Phi) is 7.56. The van der Waals surface area contributed by atoms with E-state index in [2.05, 4.69) is 30.0 Å². The van der Waals surface area contributed by atoms with Crippen LogP contribution in [0.1, 0.15) is 11.1 Å². The Labute approximate surface area is 206 Å². The van der Waals surface area contributed by atoms with Crippen LogP contribution in [-0.2, 0) is 21.4 Å². The zero-order valence-electron chi connectivity index (χ0n) is 19.1. The summed E-state index contributed by atoms with van der Waals surface area (Å²) in [7, 11) is -3.89. The predicted molar refractivity (Wildman–Crippen MR) is 135 cm³/mol. The fourth-order valence-corrected chi connectivity index (χ4v) is 5.56. The molecule has 6 nitrogen and oxygen atoms in total. The van der Waals surface area contributed by atoms with E-state index >= 15 is 0 Å². The van der Waals surface area contributed by atoms with Crippen molar-refractivity contribution >= 4 is 33.2 Å². The van der Waals surface area contributed by atoms with E-state index in [1.165, 1.54) is 22.0 Å². The Hall–Kier alpha value is -2.87. The number of amides is 1. The molecule has 0 N–H and O–H groups in total. The number of nitrogens with zero attached hydrogens (tertiary/aromatic N) is 3. The van der Waals surface area contributed by atoms with E-state index in [-0.39, 0.29) is 23.9 Å². The number of sulfonamides is 1. The van der Waals surface area contributed by atoms with E-state index in [0.717, 1.165) is 11.3 Å². The van der Waals surface area contributed by atoms with Gasteiger partial charge in [-0.25, -0.2) is 8.42 Å². The Morgan fingerprint density at radius 1 is 0.912 bits per heavy atom. The third-order valence-corrected chi connectivity index (χ3v) is 8.02. The van der Waals surface area contributed by atoms with E-state index in [0.29, 0.717) is 31.2 Å². The fourth-order valence-electron chi connectivity index (χ4n) is 4.06. The highest BCUT2D eigenvalue weighted by Crippen LogP contribution is 2.22. The molecular weight excluding hydrogens is 470 g/mol. The molecule has 0 aliphatic carbocycles. The van der Waals surface area contributed by atoms with Gasteiger partial charge >= 0.3 is 0 Å². The van der Waals surface area contributed by atoms with Crippen LogP contribution in [0.25, 0.3) is 0 Å². The Balaban J connectivity index is 1.48. The van der Waals surface area contributed by atoms with Crippen LogP contribution in [-0.4, -0.2) is 56.3 Å². The number of rotatable bonds is 7. The van der Waals surface area contributed by atoms with Gasteiger partial charge in [0, 0.05) is 43.4 Å². The monoisotopic (exact) mass is 497 g/mol. The molecule has 4 rings (SSSR count). The number of piperazine rings is 1. The summed E-state index contributed by atoms with van der Waals surface area (Å²) < 4.78 is 28.1. The van der Waals surface area contributed by atoms with Crippen molar-refractivity contribution in [2.45, 2.75) is 18.4 Å². The number of hydrogen-bond acceptors (Lipinski definition) is 4. The molecule has 1 amide bonds. The maximum atomic E-state index is 13.4. The Morgan fingerprint density at radius 3 is 2.24 bits per heavy atom. The molecule has 1 aliphatic heterocycles. The lowest BCUT2D eigenvalue weighted by Gasteiger charge is -2.37. The highest BCUT2D eigenvalue weighted by Gasteiger charge is 2.30. The molecule has 0 aromatic heterocycles. The lowest BCUT2D eigenvalue weighted by atomic mass is 10.2. The zero-order valence-corrected chi connectivity index (χ0v) is 20.7. The number of anilines is 1. The first-order valence-electron chi connectivity index (χ1n) is 11.2. The van der Waals surface area contributed by atoms with Crippen molar-refractivity contribution in [3.05, 3.63) is 95.0 Å². The molecule has 0 saturated carbocycles. The fraction of sp³-hybridized carbons (Fsp3) is 0.269. The molecule has 0 bridgehead atoms. The molecule has 178 valence electrons. The van der Waals surface area contributed by atoms with Crippen molar-refractivity contribution < 1.29 is 13.2 Å². The van der Waals surface area contributed by atoms with Gasteiger partial charge in [-0.15, -0.1) is 0 Å². The van der Waals surface area contributed by atoms with Gasteiger partial charge in [0.25, 0.3) is 0 Å². The van der Waals surface area contributed by atoms with Crippen molar-refractivity contribution in [3.8, 4) is 0 Å². The van der Waals surface area contributed by atoms with Crippen LogP contribution >= 0.6 is 11.6 Å². The second-order valence-corrected chi connectivity index (χ2v) is 10.8. The second-order valence-electron chi connectivity index (χ2n) is 8.42. The predicted octanol–water partition coefficient (Wildman–Crippen LogP) is 4.19. The minimum atomic E-state index is -3.89. The average molecular weight is 498 g/mol. The number of benzene rings is 3. The lowest BCUT2D eigenvalue weighted by molar-refractivity contribution is -0.131. The van der Waals surface area contributed by atoms with Gasteiger partial charge in [0.1, 0.15) is 0 Å². The zero-order chi connectivity index (χ0) is 24.1. The van der Waals surface area contributed by atoms with Crippen LogP contribution in [0, 0.1) is 6.92 Å². The maximum absolute atomic E-state index is 13.4. The van der Waals surface area contributed by atoms with Gasteiger partial charge in [-0.1, -0.05) is 54.1 Å². The largest absolute Gasteiger partial charge is 0.368 e. The molecule has 0 atom stereocenters. The number of aryl methyl sites for hydroxylation is 1. The van der Waals surface area contributed by atoms with Crippen LogP contribution in [0.3, 0.4) is 0 Å². The summed E-state index contributed by atoms with van der Waals surface area (Å²) in [6.07, 6.45) is 0. The standard InChI is InChI=1S/C26H28ClN3O3S/c1-21-6-5-9-24(18-21)28-14-16-29(17-15-28)26(31)20-30(19-22-7-3-2-4-8-22)34(32,33)25-12-10-23(27)11-13-25/h2-13,18H,14-17,19-20H2,1H3. The van der Waals surface area contributed by atoms with Crippen molar-refractivity contribution in [1.29, 1.82) is 0 Å². The number of halogens is 1. The molecule has 34 heavy (non-hydrogen) atoms. The van der Waals surface area contributed by atoms with E-state index in [1.54, 1.807) is 17.0 Å². The first kappa shape index (κ1) is 24.3. The third-order valence-electron chi connectivity index (χ3n) is 5.96. The van der Waals surface area contributed by atoms with E-state index in [1.807, 2.05) is 36.4 Å². The first-order valence-corrected chi connectivity index (χ1v) is 13.0. The molecule has 3 aromatic rings. The SMILES string of the molecule is Cc1cccc(N2CCN(C(=O)CN(Cc3ccccc3)S(=O)(=O)c3ccc(Cl)cc3)CC2)c1. The summed E-state index contributed by atoms with van der Waals surface area (Å²) >= 11 is 5.95. The highest BCUT2D eigenvalue weighted by molar-refractivity contribution is 7.89. The quantitative estimate of drug-likeness (QED) is 0.491. The topological polar surface area (TPSA) is 60.9 Å². The van der Waals surface area contributed by atoms with Crippen molar-refractivity contribution in [3.63, 3.8) is 0 Å². The van der Waals surface area contributed by atoms with Gasteiger partial charge in [0.2, 0.25) is 15.9 Å². The van der Waals surface area contributed by atoms with E-state index in [9.17, 15) is 13.2 Å². The van der Waals surface area contributed by atoms with Gasteiger partial charge in [0.05, 0.1) is 11.4 Å². The summed E-state index contributed by atoms with van der Waals surface area (Å²) in [5.74, 6) is -0.197. The lowest BCUT2D eigenvalue weighted by Crippen LogP contribution is -2.51. The number of hydrogen-bond donors (Lipinski definition) is 0. The normalized spacial score (nSPS) is 14.4. The van der Waals surface area contributed by atoms with Crippen LogP contribution < -0.4 is 4.90 Å². The minimum Gasteiger partial charge on any atom is -0.368 e. The summed E-state index contributed by atoms with van der Waals surface area (Å²) in [4.78, 5) is 17.3. The summed E-state index contributed by atoms with van der Waals surface area (Å²) in [5.41, 5.74) is 3.15. The van der Waals surface area contributed by atoms with Crippen molar-refractivity contribution in [1.82, 2.24) is 9.21 Å². The Bertz CT molecular complexity index is 1230. The Morgan fingerprint density at radius 2 is 1.59 bits per heavy atom. The van der Waals surface area contributed by atoms with Crippen molar-refractivity contribution in [2.75, 3.05) is 37.6 Å². The smallest absolute Gasteiger partial charge is 0.243 e.